The molecule has 0 unspecified atom stereocenters. The molecule has 5 fully saturated rings. The predicted molar refractivity (Wildman–Crippen MR) is 235 cm³/mol. The third-order valence-electron chi connectivity index (χ3n) is 11.2. The van der Waals surface area contributed by atoms with E-state index in [4.69, 9.17) is 102 Å². The highest BCUT2D eigenvalue weighted by atomic mass is 35.5. The van der Waals surface area contributed by atoms with Crippen molar-refractivity contribution in [1.82, 2.24) is 0 Å². The average Bonchev–Trinajstić information content (AvgIpc) is 3.75. The Hall–Kier alpha value is -5.86. The number of carbonyl (C=O) groups excluding carboxylic acids is 11. The molecule has 2 bridgehead atoms. The maximum atomic E-state index is 13.2. The zero-order chi connectivity index (χ0) is 56.3. The minimum atomic E-state index is -2.17. The smallest absolute Gasteiger partial charge is 0.321 e. The van der Waals surface area contributed by atoms with Gasteiger partial charge in [0.1, 0.15) is 55.7 Å². The van der Waals surface area contributed by atoms with Crippen molar-refractivity contribution in [2.75, 3.05) is 32.3 Å². The highest BCUT2D eigenvalue weighted by Crippen LogP contribution is 2.41. The number of fused-ring (bicyclic) bond motifs is 2. The lowest BCUT2D eigenvalue weighted by molar-refractivity contribution is -0.396. The van der Waals surface area contributed by atoms with E-state index in [1.165, 1.54) is 0 Å². The molecule has 5 heterocycles. The Morgan fingerprint density at radius 3 is 1.25 bits per heavy atom. The van der Waals surface area contributed by atoms with E-state index in [1.807, 2.05) is 0 Å². The van der Waals surface area contributed by atoms with Crippen molar-refractivity contribution in [2.24, 2.45) is 0 Å². The Labute approximate surface area is 437 Å². The van der Waals surface area contributed by atoms with Crippen molar-refractivity contribution in [1.29, 1.82) is 0 Å². The lowest BCUT2D eigenvalue weighted by atomic mass is 9.95. The molecule has 5 saturated heterocycles. The highest BCUT2D eigenvalue weighted by molar-refractivity contribution is 6.26. The van der Waals surface area contributed by atoms with Crippen LogP contribution in [0.2, 0.25) is 0 Å². The fourth-order valence-corrected chi connectivity index (χ4v) is 8.74. The topological polar surface area (TPSA) is 363 Å². The van der Waals surface area contributed by atoms with Crippen LogP contribution in [0.1, 0.15) is 69.2 Å². The number of hydrogen-bond acceptors (Lipinski definition) is 30. The van der Waals surface area contributed by atoms with Gasteiger partial charge in [-0.1, -0.05) is 0 Å². The Balaban J connectivity index is 1.79. The third-order valence-corrected chi connectivity index (χ3v) is 11.4. The summed E-state index contributed by atoms with van der Waals surface area (Å²) in [5.41, 5.74) is 0. The zero-order valence-electron chi connectivity index (χ0n) is 42.6. The molecule has 0 saturated carbocycles. The Morgan fingerprint density at radius 2 is 0.763 bits per heavy atom. The predicted octanol–water partition coefficient (Wildman–Crippen LogP) is -1.57. The van der Waals surface area contributed by atoms with Crippen LogP contribution in [0, 0.1) is 0 Å². The molecule has 0 aromatic rings. The SMILES string of the molecule is CC(=O)OC[C@H]1O[C@H](O[C@@H]2[C@H](O[C@@H]3OC[C@@H](OC(C)=O)[C@H](OC(C)=O)[C@H]3OC(C)=O)[C@H](O[C@H]3[C@H](OC(C)=O)[C@@H](OC(C)=O)[C@@H]4OC[C@H]3O4)O[C@H](COC(C)=O)[C@H]2OC(C)=O)[C@@H](OC(=O)CCl)[C@@H](OC(C)=O)[C@@H]1OC(C)=O. The number of esters is 11. The summed E-state index contributed by atoms with van der Waals surface area (Å²) in [7, 11) is 0. The monoisotopic (exact) mass is 1110 g/mol. The lowest BCUT2D eigenvalue weighted by Crippen LogP contribution is -2.69. The van der Waals surface area contributed by atoms with Crippen LogP contribution >= 0.6 is 11.6 Å². The van der Waals surface area contributed by atoms with Crippen molar-refractivity contribution in [3.8, 4) is 0 Å². The van der Waals surface area contributed by atoms with Crippen molar-refractivity contribution in [3.63, 3.8) is 0 Å². The van der Waals surface area contributed by atoms with E-state index in [1.54, 1.807) is 0 Å². The summed E-state index contributed by atoms with van der Waals surface area (Å²) in [5, 5.41) is 0. The number of carbonyl (C=O) groups is 11. The molecule has 0 N–H and O–H groups in total. The van der Waals surface area contributed by atoms with Gasteiger partial charge in [-0.05, 0) is 0 Å². The first-order valence-electron chi connectivity index (χ1n) is 23.3. The largest absolute Gasteiger partial charge is 0.463 e. The maximum Gasteiger partial charge on any atom is 0.321 e. The molecule has 31 heteroatoms. The Morgan fingerprint density at radius 1 is 0.368 bits per heavy atom. The fourth-order valence-electron chi connectivity index (χ4n) is 8.68. The van der Waals surface area contributed by atoms with Gasteiger partial charge in [0.15, 0.2) is 80.1 Å². The Kier molecular flexibility index (Phi) is 22.0. The minimum Gasteiger partial charge on any atom is -0.463 e. The first-order valence-corrected chi connectivity index (χ1v) is 23.9. The van der Waals surface area contributed by atoms with Crippen molar-refractivity contribution < 1.29 is 143 Å². The number of ether oxygens (including phenoxy) is 19. The van der Waals surface area contributed by atoms with E-state index < -0.39 is 208 Å². The van der Waals surface area contributed by atoms with Gasteiger partial charge in [-0.3, -0.25) is 52.7 Å². The summed E-state index contributed by atoms with van der Waals surface area (Å²) in [6.07, 6.45) is -33.7. The number of alkyl halides is 1. The Bertz CT molecular complexity index is 2150. The van der Waals surface area contributed by atoms with Gasteiger partial charge in [-0.2, -0.15) is 0 Å². The molecule has 0 spiro atoms. The van der Waals surface area contributed by atoms with E-state index in [0.717, 1.165) is 69.2 Å². The summed E-state index contributed by atoms with van der Waals surface area (Å²) in [4.78, 5) is 140. The van der Waals surface area contributed by atoms with Crippen molar-refractivity contribution in [3.05, 3.63) is 0 Å². The summed E-state index contributed by atoms with van der Waals surface area (Å²) in [6.45, 7) is 7.46. The molecule has 76 heavy (non-hydrogen) atoms. The van der Waals surface area contributed by atoms with E-state index in [2.05, 4.69) is 0 Å². The van der Waals surface area contributed by atoms with E-state index in [-0.39, 0.29) is 6.61 Å². The van der Waals surface area contributed by atoms with E-state index in [0.29, 0.717) is 0 Å². The van der Waals surface area contributed by atoms with Gasteiger partial charge in [-0.15, -0.1) is 11.6 Å². The molecule has 30 nitrogen and oxygen atoms in total. The normalized spacial score (nSPS) is 34.6. The molecule has 5 rings (SSSR count). The first-order chi connectivity index (χ1) is 35.8. The first kappa shape index (κ1) is 61.0. The summed E-state index contributed by atoms with van der Waals surface area (Å²) in [5.74, 6) is -11.6. The number of rotatable bonds is 20. The molecular formula is C45H59ClO30. The summed E-state index contributed by atoms with van der Waals surface area (Å²) >= 11 is 5.89. The van der Waals surface area contributed by atoms with Gasteiger partial charge < -0.3 is 90.0 Å². The zero-order valence-corrected chi connectivity index (χ0v) is 43.4. The minimum absolute atomic E-state index is 0.299. The van der Waals surface area contributed by atoms with Gasteiger partial charge in [0.25, 0.3) is 0 Å². The van der Waals surface area contributed by atoms with Crippen LogP contribution in [0.25, 0.3) is 0 Å². The lowest BCUT2D eigenvalue weighted by Gasteiger charge is -2.51. The average molecular weight is 1120 g/mol. The van der Waals surface area contributed by atoms with Gasteiger partial charge in [0, 0.05) is 69.2 Å². The van der Waals surface area contributed by atoms with Crippen LogP contribution in [0.4, 0.5) is 0 Å². The summed E-state index contributed by atoms with van der Waals surface area (Å²) < 4.78 is 111. The molecule has 0 aliphatic carbocycles. The molecule has 426 valence electrons. The van der Waals surface area contributed by atoms with Gasteiger partial charge >= 0.3 is 65.7 Å². The van der Waals surface area contributed by atoms with Crippen molar-refractivity contribution >= 4 is 77.3 Å². The second-order valence-electron chi connectivity index (χ2n) is 17.3. The molecule has 0 amide bonds. The van der Waals surface area contributed by atoms with E-state index >= 15 is 0 Å². The molecule has 0 radical (unpaired) electrons. The number of halogens is 1. The van der Waals surface area contributed by atoms with Crippen molar-refractivity contribution in [2.45, 2.75) is 186 Å². The van der Waals surface area contributed by atoms with Crippen LogP contribution in [-0.2, 0) is 143 Å². The van der Waals surface area contributed by atoms with Crippen LogP contribution in [0.15, 0.2) is 0 Å². The molecule has 0 aromatic carbocycles. The quantitative estimate of drug-likeness (QED) is 0.0755. The van der Waals surface area contributed by atoms with Gasteiger partial charge in [0.2, 0.25) is 0 Å². The summed E-state index contributed by atoms with van der Waals surface area (Å²) in [6, 6.07) is 0. The molecular weight excluding hydrogens is 1060 g/mol. The molecule has 5 aliphatic rings. The van der Waals surface area contributed by atoms with Crippen LogP contribution < -0.4 is 0 Å². The van der Waals surface area contributed by atoms with Gasteiger partial charge in [-0.25, -0.2) is 0 Å². The third kappa shape index (κ3) is 16.6. The van der Waals surface area contributed by atoms with Crippen LogP contribution in [-0.4, -0.2) is 215 Å². The van der Waals surface area contributed by atoms with E-state index in [9.17, 15) is 52.7 Å². The molecule has 0 aromatic heterocycles. The fraction of sp³-hybridized carbons (Fsp3) is 0.756. The molecule has 19 atom stereocenters. The molecule has 5 aliphatic heterocycles. The van der Waals surface area contributed by atoms with Crippen LogP contribution in [0.3, 0.4) is 0 Å². The van der Waals surface area contributed by atoms with Gasteiger partial charge in [0.05, 0.1) is 13.2 Å². The second-order valence-corrected chi connectivity index (χ2v) is 17.6. The number of hydrogen-bond donors (Lipinski definition) is 0. The standard InChI is InChI=1S/C45H59ClO30/c1-16(47)58-12-27-31(63-19(4)50)35(66-22(7)53)40(73-30(57)11-46)44(71-27)75-37-32(64-20(5)51)28(13-59-17(2)48)72-45(74-33-29-15-60-42(70-29)39(69-25(10)56)36(33)67-23(8)54)41(37)76-43-38(68-24(9)55)34(65-21(6)52)26(14-61-43)62-18(3)49/h26-29,31-45H,11-15H2,1-10H3/t26-,27-,28-,29-,31-,32-,33-,34+,35+,36+,37+,38-,39-,40+,41+,42-,43+,44-,45+/m1/s1. The van der Waals surface area contributed by atoms with Crippen LogP contribution in [0.5, 0.6) is 0 Å². The highest BCUT2D eigenvalue weighted by Gasteiger charge is 2.62. The maximum absolute atomic E-state index is 13.2. The second kappa shape index (κ2) is 27.5.